The van der Waals surface area contributed by atoms with Crippen LogP contribution in [0.1, 0.15) is 0 Å². The second-order valence-corrected chi connectivity index (χ2v) is 1.96. The van der Waals surface area contributed by atoms with Gasteiger partial charge in [0.05, 0.1) is 6.26 Å². The van der Waals surface area contributed by atoms with E-state index in [1.807, 2.05) is 30.3 Å². The van der Waals surface area contributed by atoms with Crippen LogP contribution < -0.4 is 0 Å². The molecule has 0 saturated heterocycles. The summed E-state index contributed by atoms with van der Waals surface area (Å²) in [5.41, 5.74) is 0.956. The predicted octanol–water partition coefficient (Wildman–Crippen LogP) is 3.33. The number of fused-ring (bicyclic) bond motifs is 1. The largest absolute Gasteiger partial charge is 2.00 e. The molecule has 0 fully saturated rings. The number of para-hydroxylation sites is 1. The van der Waals surface area contributed by atoms with Crippen molar-refractivity contribution < 1.29 is 25.5 Å². The number of furan rings is 1. The number of benzene rings is 1. The van der Waals surface area contributed by atoms with Crippen LogP contribution in [0.25, 0.3) is 11.0 Å². The summed E-state index contributed by atoms with van der Waals surface area (Å²) in [6.45, 7) is 0. The van der Waals surface area contributed by atoms with Gasteiger partial charge in [-0.2, -0.15) is 0 Å². The third-order valence-electron chi connectivity index (χ3n) is 1.36. The smallest absolute Gasteiger partial charge is 0.464 e. The van der Waals surface area contributed by atoms with Crippen molar-refractivity contribution in [3.8, 4) is 0 Å². The fourth-order valence-electron chi connectivity index (χ4n) is 0.906. The molecule has 64 valence electrons. The number of hydrogen-bond donors (Lipinski definition) is 0. The van der Waals surface area contributed by atoms with Crippen molar-refractivity contribution >= 4 is 11.0 Å². The Morgan fingerprint density at radius 1 is 0.917 bits per heavy atom. The van der Waals surface area contributed by atoms with Crippen molar-refractivity contribution in [2.75, 3.05) is 0 Å². The summed E-state index contributed by atoms with van der Waals surface area (Å²) < 4.78 is 5.12. The normalized spacial score (nSPS) is 7.67. The second kappa shape index (κ2) is 6.02. The van der Waals surface area contributed by atoms with Gasteiger partial charge in [0.25, 0.3) is 0 Å². The summed E-state index contributed by atoms with van der Waals surface area (Å²) in [6.07, 6.45) is 1.70. The molecule has 0 aliphatic heterocycles. The van der Waals surface area contributed by atoms with Crippen LogP contribution in [0.2, 0.25) is 0 Å². The monoisotopic (exact) mass is 332 g/mol. The molecule has 0 spiro atoms. The maximum atomic E-state index is 5.12. The first kappa shape index (κ1) is 14.0. The molecular weight excluding hydrogens is 320 g/mol. The third kappa shape index (κ3) is 2.49. The Bertz CT molecular complexity index is 284. The van der Waals surface area contributed by atoms with Gasteiger partial charge in [-0.05, 0) is 12.1 Å². The molecule has 1 heterocycles. The van der Waals surface area contributed by atoms with Gasteiger partial charge in [-0.25, -0.2) is 0 Å². The molecule has 0 unspecified atom stereocenters. The van der Waals surface area contributed by atoms with Gasteiger partial charge >= 0.3 is 21.1 Å². The number of hydrogen-bond acceptors (Lipinski definition) is 1. The van der Waals surface area contributed by atoms with Crippen LogP contribution in [0.5, 0.6) is 0 Å². The van der Waals surface area contributed by atoms with E-state index in [-0.39, 0.29) is 35.9 Å². The summed E-state index contributed by atoms with van der Waals surface area (Å²) in [7, 11) is 0. The molecule has 12 heavy (non-hydrogen) atoms. The topological polar surface area (TPSA) is 13.1 Å². The third-order valence-corrected chi connectivity index (χ3v) is 1.36. The molecule has 0 bridgehead atoms. The van der Waals surface area contributed by atoms with Gasteiger partial charge in [0.15, 0.2) is 0 Å². The van der Waals surface area contributed by atoms with Gasteiger partial charge in [-0.3, -0.25) is 0 Å². The van der Waals surface area contributed by atoms with E-state index in [9.17, 15) is 0 Å². The van der Waals surface area contributed by atoms with Crippen LogP contribution in [0.4, 0.5) is 0 Å². The van der Waals surface area contributed by atoms with Crippen LogP contribution in [0.15, 0.2) is 41.0 Å². The van der Waals surface area contributed by atoms with E-state index < -0.39 is 0 Å². The first-order valence-electron chi connectivity index (χ1n) is 2.89. The maximum absolute atomic E-state index is 5.12. The zero-order valence-electron chi connectivity index (χ0n) is 7.28. The standard InChI is InChI=1S/C8H6O.2CH3.W/c1-2-4-8-7(3-1)5-6-9-8;;;/h1-6H;2*1H3;/q;2*-1;+2. The average Bonchev–Trinajstić information content (AvgIpc) is 2.33. The predicted molar refractivity (Wildman–Crippen MR) is 49.0 cm³/mol. The molecule has 0 radical (unpaired) electrons. The molecule has 1 nitrogen and oxygen atoms in total. The number of rotatable bonds is 0. The van der Waals surface area contributed by atoms with Crippen molar-refractivity contribution in [3.05, 3.63) is 51.4 Å². The van der Waals surface area contributed by atoms with Crippen molar-refractivity contribution in [2.45, 2.75) is 0 Å². The molecule has 0 saturated carbocycles. The maximum Gasteiger partial charge on any atom is 2.00 e. The van der Waals surface area contributed by atoms with Gasteiger partial charge in [-0.1, -0.05) is 18.2 Å². The quantitative estimate of drug-likeness (QED) is 0.675. The molecule has 2 aromatic rings. The van der Waals surface area contributed by atoms with Crippen molar-refractivity contribution in [1.82, 2.24) is 0 Å². The first-order chi connectivity index (χ1) is 4.47. The van der Waals surface area contributed by atoms with Crippen LogP contribution >= 0.6 is 0 Å². The van der Waals surface area contributed by atoms with E-state index in [4.69, 9.17) is 4.42 Å². The minimum Gasteiger partial charge on any atom is -0.464 e. The Kier molecular flexibility index (Phi) is 7.02. The Hall–Kier alpha value is -0.552. The van der Waals surface area contributed by atoms with Gasteiger partial charge in [0.2, 0.25) is 0 Å². The van der Waals surface area contributed by atoms with Crippen LogP contribution in [0.3, 0.4) is 0 Å². The summed E-state index contributed by atoms with van der Waals surface area (Å²) in [5.74, 6) is 0. The molecule has 0 N–H and O–H groups in total. The van der Waals surface area contributed by atoms with E-state index in [1.165, 1.54) is 0 Å². The fourth-order valence-corrected chi connectivity index (χ4v) is 0.906. The molecule has 1 aromatic carbocycles. The SMILES string of the molecule is [CH3-].[CH3-].[W+2].c1ccc2occc2c1. The minimum atomic E-state index is 0. The van der Waals surface area contributed by atoms with Gasteiger partial charge in [0, 0.05) is 5.39 Å². The Balaban J connectivity index is 0. The van der Waals surface area contributed by atoms with Crippen molar-refractivity contribution in [2.24, 2.45) is 0 Å². The molecule has 2 heteroatoms. The zero-order chi connectivity index (χ0) is 6.10. The summed E-state index contributed by atoms with van der Waals surface area (Å²) in [6, 6.07) is 9.90. The molecule has 0 atom stereocenters. The zero-order valence-corrected chi connectivity index (χ0v) is 10.2. The molecule has 2 rings (SSSR count). The van der Waals surface area contributed by atoms with Crippen LogP contribution in [-0.4, -0.2) is 0 Å². The van der Waals surface area contributed by atoms with Gasteiger partial charge in [0.1, 0.15) is 5.58 Å². The van der Waals surface area contributed by atoms with Gasteiger partial charge < -0.3 is 19.3 Å². The van der Waals surface area contributed by atoms with E-state index in [2.05, 4.69) is 0 Å². The minimum absolute atomic E-state index is 0. The molecule has 0 aliphatic rings. The first-order valence-corrected chi connectivity index (χ1v) is 2.89. The fraction of sp³-hybridized carbons (Fsp3) is 0. The summed E-state index contributed by atoms with van der Waals surface area (Å²) in [5, 5.41) is 1.16. The van der Waals surface area contributed by atoms with E-state index in [1.54, 1.807) is 6.26 Å². The average molecular weight is 332 g/mol. The molecule has 1 aromatic heterocycles. The molecule has 0 amide bonds. The van der Waals surface area contributed by atoms with E-state index >= 15 is 0 Å². The summed E-state index contributed by atoms with van der Waals surface area (Å²) in [4.78, 5) is 0. The van der Waals surface area contributed by atoms with Gasteiger partial charge in [-0.15, -0.1) is 0 Å². The summed E-state index contributed by atoms with van der Waals surface area (Å²) >= 11 is 0. The van der Waals surface area contributed by atoms with Crippen molar-refractivity contribution in [1.29, 1.82) is 0 Å². The Morgan fingerprint density at radius 3 is 2.25 bits per heavy atom. The Labute approximate surface area is 88.0 Å². The van der Waals surface area contributed by atoms with Crippen molar-refractivity contribution in [3.63, 3.8) is 0 Å². The van der Waals surface area contributed by atoms with E-state index in [0.717, 1.165) is 11.0 Å². The van der Waals surface area contributed by atoms with Crippen LogP contribution in [-0.2, 0) is 21.1 Å². The Morgan fingerprint density at radius 2 is 1.58 bits per heavy atom. The second-order valence-electron chi connectivity index (χ2n) is 1.96. The molecule has 0 aliphatic carbocycles. The van der Waals surface area contributed by atoms with E-state index in [0.29, 0.717) is 0 Å². The van der Waals surface area contributed by atoms with Crippen LogP contribution in [0, 0.1) is 14.9 Å². The molecular formula is C10H12OW.